The van der Waals surface area contributed by atoms with E-state index < -0.39 is 0 Å². The fraction of sp³-hybridized carbons (Fsp3) is 0. The van der Waals surface area contributed by atoms with Gasteiger partial charge in [0.15, 0.2) is 0 Å². The van der Waals surface area contributed by atoms with Crippen LogP contribution in [0.15, 0.2) is 0 Å². The maximum atomic E-state index is 7.88. The van der Waals surface area contributed by atoms with Crippen LogP contribution in [0.5, 0.6) is 0 Å². The molecule has 0 amide bonds. The third-order valence-corrected chi connectivity index (χ3v) is 0. The SMILES string of the molecule is [Er+3].[Er+3].[O-]O[O-].[O-]O[O-].[O-]O[O-]. The molecule has 0 aliphatic rings. The minimum atomic E-state index is 0. The van der Waals surface area contributed by atoms with Gasteiger partial charge in [-0.25, -0.2) is 0 Å². The smallest absolute Gasteiger partial charge is 0.734 e. The molecule has 0 aromatic carbocycles. The quantitative estimate of drug-likeness (QED) is 0.243. The second-order valence-corrected chi connectivity index (χ2v) is 0.204. The van der Waals surface area contributed by atoms with Crippen molar-refractivity contribution < 1.29 is 121 Å². The van der Waals surface area contributed by atoms with E-state index in [1.165, 1.54) is 0 Å². The second kappa shape index (κ2) is 57.1. The van der Waals surface area contributed by atoms with Gasteiger partial charge in [-0.3, -0.25) is 0 Å². The van der Waals surface area contributed by atoms with Crippen LogP contribution in [0.25, 0.3) is 0 Å². The Kier molecular flexibility index (Phi) is 152. The van der Waals surface area contributed by atoms with Crippen LogP contribution < -0.4 is 31.5 Å². The predicted octanol–water partition coefficient (Wildman–Crippen LogP) is -7.34. The third-order valence-electron chi connectivity index (χ3n) is 0. The van der Waals surface area contributed by atoms with E-state index in [1.54, 1.807) is 15.1 Å². The van der Waals surface area contributed by atoms with Crippen LogP contribution in [-0.2, 0) is 15.1 Å². The molecule has 0 fully saturated rings. The van der Waals surface area contributed by atoms with Crippen molar-refractivity contribution in [3.63, 3.8) is 0 Å². The molecule has 0 atom stereocenters. The molecule has 9 nitrogen and oxygen atoms in total. The number of rotatable bonds is 0. The van der Waals surface area contributed by atoms with Gasteiger partial charge in [-0.1, -0.05) is 0 Å². The van der Waals surface area contributed by atoms with Crippen LogP contribution in [0.4, 0.5) is 0 Å². The average Bonchev–Trinajstić information content (AvgIpc) is 1.70. The van der Waals surface area contributed by atoms with Gasteiger partial charge in [0.25, 0.3) is 0 Å². The van der Waals surface area contributed by atoms with Crippen molar-refractivity contribution in [2.75, 3.05) is 0 Å². The van der Waals surface area contributed by atoms with E-state index in [1.807, 2.05) is 0 Å². The van der Waals surface area contributed by atoms with Crippen molar-refractivity contribution in [2.24, 2.45) is 0 Å². The van der Waals surface area contributed by atoms with E-state index in [0.717, 1.165) is 0 Å². The zero-order chi connectivity index (χ0) is 8.12. The molecule has 11 heteroatoms. The molecule has 0 bridgehead atoms. The van der Waals surface area contributed by atoms with Gasteiger partial charge in [-0.2, -0.15) is 0 Å². The van der Waals surface area contributed by atoms with Crippen molar-refractivity contribution in [2.45, 2.75) is 0 Å². The second-order valence-electron chi connectivity index (χ2n) is 0.204. The largest absolute Gasteiger partial charge is 3.00 e. The summed E-state index contributed by atoms with van der Waals surface area (Å²) in [7, 11) is 0. The molecule has 0 unspecified atom stereocenters. The van der Waals surface area contributed by atoms with Crippen molar-refractivity contribution in [3.05, 3.63) is 0 Å². The summed E-state index contributed by atoms with van der Waals surface area (Å²) in [5, 5.41) is 52.5. The van der Waals surface area contributed by atoms with E-state index in [2.05, 4.69) is 0 Å². The molecular weight excluding hydrogens is 479 g/mol. The summed E-state index contributed by atoms with van der Waals surface area (Å²) < 4.78 is 0. The molecule has 0 aliphatic carbocycles. The van der Waals surface area contributed by atoms with Crippen LogP contribution in [0.1, 0.15) is 0 Å². The zero-order valence-electron chi connectivity index (χ0n) is 4.25. The van der Waals surface area contributed by atoms with Gasteiger partial charge in [0.05, 0.1) is 0 Å². The van der Waals surface area contributed by atoms with Crippen molar-refractivity contribution >= 4 is 0 Å². The van der Waals surface area contributed by atoms with Crippen LogP contribution in [-0.4, -0.2) is 0 Å². The fourth-order valence-corrected chi connectivity index (χ4v) is 0. The van der Waals surface area contributed by atoms with Crippen molar-refractivity contribution in [1.29, 1.82) is 0 Å². The number of hydrogen-bond acceptors (Lipinski definition) is 9. The Hall–Kier alpha value is 2.13. The summed E-state index contributed by atoms with van der Waals surface area (Å²) in [6, 6.07) is 0. The number of hydrogen-bond donors (Lipinski definition) is 0. The first-order valence-electron chi connectivity index (χ1n) is 1.00. The maximum absolute atomic E-state index is 7.88. The van der Waals surface area contributed by atoms with Crippen molar-refractivity contribution in [3.8, 4) is 0 Å². The van der Waals surface area contributed by atoms with E-state index in [0.29, 0.717) is 0 Å². The van der Waals surface area contributed by atoms with Gasteiger partial charge < -0.3 is 46.7 Å². The zero-order valence-corrected chi connectivity index (χ0v) is 7.96. The first kappa shape index (κ1) is 29.2. The summed E-state index contributed by atoms with van der Waals surface area (Å²) in [5.74, 6) is 0. The molecule has 0 N–H and O–H groups in total. The molecule has 0 aromatic heterocycles. The van der Waals surface area contributed by atoms with E-state index >= 15 is 0 Å². The molecular formula is Er2O9. The minimum absolute atomic E-state index is 0. The van der Waals surface area contributed by atoms with Gasteiger partial charge >= 0.3 is 74.6 Å². The first-order chi connectivity index (χ1) is 4.24. The first-order valence-corrected chi connectivity index (χ1v) is 1.00. The maximum Gasteiger partial charge on any atom is 3.00 e. The topological polar surface area (TPSA) is 166 Å². The molecule has 78 valence electrons. The Bertz CT molecular complexity index is 12.3. The molecule has 0 spiro atoms. The Labute approximate surface area is 119 Å². The van der Waals surface area contributed by atoms with Gasteiger partial charge in [-0.15, -0.1) is 0 Å². The van der Waals surface area contributed by atoms with E-state index in [4.69, 9.17) is 31.5 Å². The molecule has 2 radical (unpaired) electrons. The molecule has 0 rings (SSSR count). The normalized spacial score (nSPS) is 4.91. The average molecular weight is 479 g/mol. The van der Waals surface area contributed by atoms with Gasteiger partial charge in [-0.05, 0) is 0 Å². The standard InChI is InChI=1S/2Er.3H2O3/c;;3*1-3-2/h;;3*1-2H/q2*+3;;;/p-6. The van der Waals surface area contributed by atoms with Crippen LogP contribution in [0.3, 0.4) is 0 Å². The van der Waals surface area contributed by atoms with E-state index in [-0.39, 0.29) is 74.6 Å². The van der Waals surface area contributed by atoms with Gasteiger partial charge in [0.1, 0.15) is 0 Å². The molecule has 11 heavy (non-hydrogen) atoms. The fourth-order valence-electron chi connectivity index (χ4n) is 0. The van der Waals surface area contributed by atoms with Crippen LogP contribution in [0, 0.1) is 74.6 Å². The summed E-state index contributed by atoms with van der Waals surface area (Å²) in [6.45, 7) is 0. The summed E-state index contributed by atoms with van der Waals surface area (Å²) in [4.78, 5) is 0. The molecule has 0 aromatic rings. The van der Waals surface area contributed by atoms with E-state index in [9.17, 15) is 0 Å². The van der Waals surface area contributed by atoms with Gasteiger partial charge in [0.2, 0.25) is 0 Å². The summed E-state index contributed by atoms with van der Waals surface area (Å²) in [6.07, 6.45) is 0. The predicted molar refractivity (Wildman–Crippen MR) is 3.25 cm³/mol. The van der Waals surface area contributed by atoms with Crippen molar-refractivity contribution in [1.82, 2.24) is 0 Å². The van der Waals surface area contributed by atoms with Crippen LogP contribution in [0.2, 0.25) is 0 Å². The molecule has 0 aliphatic heterocycles. The Morgan fingerprint density at radius 1 is 0.455 bits per heavy atom. The molecule has 0 saturated carbocycles. The Morgan fingerprint density at radius 2 is 0.455 bits per heavy atom. The summed E-state index contributed by atoms with van der Waals surface area (Å²) >= 11 is 0. The Balaban J connectivity index is -0.0000000150. The monoisotopic (exact) mass is 476 g/mol. The summed E-state index contributed by atoms with van der Waals surface area (Å²) in [5.41, 5.74) is 0. The molecule has 0 saturated heterocycles. The molecule has 0 heterocycles. The van der Waals surface area contributed by atoms with Gasteiger partial charge in [0, 0.05) is 0 Å². The van der Waals surface area contributed by atoms with Crippen LogP contribution >= 0.6 is 0 Å². The third kappa shape index (κ3) is 274. The Morgan fingerprint density at radius 3 is 0.455 bits per heavy atom. The minimum Gasteiger partial charge on any atom is -0.734 e.